The van der Waals surface area contributed by atoms with Crippen molar-refractivity contribution in [3.8, 4) is 0 Å². The quantitative estimate of drug-likeness (QED) is 0.898. The lowest BCUT2D eigenvalue weighted by Crippen LogP contribution is -2.29. The highest BCUT2D eigenvalue weighted by molar-refractivity contribution is 9.10. The van der Waals surface area contributed by atoms with Gasteiger partial charge in [0, 0.05) is 6.20 Å². The summed E-state index contributed by atoms with van der Waals surface area (Å²) in [7, 11) is 0. The molecule has 14 heavy (non-hydrogen) atoms. The number of hydrogen-bond acceptors (Lipinski definition) is 2. The van der Waals surface area contributed by atoms with Crippen molar-refractivity contribution in [2.45, 2.75) is 19.4 Å². The number of aliphatic carboxylic acids is 1. The molecular formula is C9H10BrNO3. The summed E-state index contributed by atoms with van der Waals surface area (Å²) in [5.41, 5.74) is -0.318. The molecule has 0 aliphatic rings. The molecule has 0 aliphatic carbocycles. The van der Waals surface area contributed by atoms with Crippen LogP contribution >= 0.6 is 15.9 Å². The van der Waals surface area contributed by atoms with Gasteiger partial charge in [-0.25, -0.2) is 4.79 Å². The first-order valence-corrected chi connectivity index (χ1v) is 4.96. The normalized spacial score (nSPS) is 12.4. The Bertz CT molecular complexity index is 399. The van der Waals surface area contributed by atoms with Gasteiger partial charge in [-0.3, -0.25) is 4.79 Å². The molecule has 0 fully saturated rings. The van der Waals surface area contributed by atoms with Gasteiger partial charge >= 0.3 is 5.97 Å². The van der Waals surface area contributed by atoms with Crippen molar-refractivity contribution in [2.75, 3.05) is 0 Å². The molecule has 0 aliphatic heterocycles. The van der Waals surface area contributed by atoms with Crippen molar-refractivity contribution in [3.63, 3.8) is 0 Å². The summed E-state index contributed by atoms with van der Waals surface area (Å²) in [6, 6.07) is 2.44. The highest BCUT2D eigenvalue weighted by Gasteiger charge is 2.18. The van der Waals surface area contributed by atoms with Gasteiger partial charge < -0.3 is 9.67 Å². The number of carbonyl (C=O) groups is 1. The van der Waals surface area contributed by atoms with Gasteiger partial charge in [-0.05, 0) is 34.5 Å². The largest absolute Gasteiger partial charge is 0.480 e. The molecule has 1 heterocycles. The van der Waals surface area contributed by atoms with Crippen molar-refractivity contribution < 1.29 is 9.90 Å². The van der Waals surface area contributed by atoms with E-state index in [1.165, 1.54) is 10.8 Å². The number of pyridine rings is 1. The summed E-state index contributed by atoms with van der Waals surface area (Å²) < 4.78 is 1.59. The molecular weight excluding hydrogens is 250 g/mol. The fourth-order valence-corrected chi connectivity index (χ4v) is 1.58. The molecule has 1 aromatic rings. The zero-order valence-corrected chi connectivity index (χ0v) is 9.19. The third kappa shape index (κ3) is 2.04. The zero-order valence-electron chi connectivity index (χ0n) is 7.61. The second-order valence-electron chi connectivity index (χ2n) is 2.83. The van der Waals surface area contributed by atoms with Crippen LogP contribution in [0.15, 0.2) is 27.6 Å². The van der Waals surface area contributed by atoms with Gasteiger partial charge in [0.1, 0.15) is 6.04 Å². The Kier molecular flexibility index (Phi) is 3.46. The molecule has 1 aromatic heterocycles. The van der Waals surface area contributed by atoms with Gasteiger partial charge in [-0.1, -0.05) is 6.92 Å². The summed E-state index contributed by atoms with van der Waals surface area (Å²) in [4.78, 5) is 22.3. The Hall–Kier alpha value is -1.10. The maximum Gasteiger partial charge on any atom is 0.326 e. The van der Waals surface area contributed by atoms with Crippen LogP contribution in [0, 0.1) is 0 Å². The molecule has 76 valence electrons. The second-order valence-corrected chi connectivity index (χ2v) is 3.69. The van der Waals surface area contributed by atoms with Crippen LogP contribution < -0.4 is 5.56 Å². The van der Waals surface area contributed by atoms with Crippen molar-refractivity contribution in [1.82, 2.24) is 4.57 Å². The summed E-state index contributed by atoms with van der Waals surface area (Å²) in [5, 5.41) is 8.87. The number of carboxylic acids is 1. The zero-order chi connectivity index (χ0) is 10.7. The highest BCUT2D eigenvalue weighted by atomic mass is 79.9. The topological polar surface area (TPSA) is 59.3 Å². The van der Waals surface area contributed by atoms with E-state index < -0.39 is 12.0 Å². The van der Waals surface area contributed by atoms with E-state index in [-0.39, 0.29) is 5.56 Å². The number of aromatic nitrogens is 1. The number of rotatable bonds is 3. The first kappa shape index (κ1) is 11.0. The Morgan fingerprint density at radius 2 is 2.36 bits per heavy atom. The molecule has 1 unspecified atom stereocenters. The highest BCUT2D eigenvalue weighted by Crippen LogP contribution is 2.10. The summed E-state index contributed by atoms with van der Waals surface area (Å²) in [6.45, 7) is 1.73. The Morgan fingerprint density at radius 3 is 2.86 bits per heavy atom. The lowest BCUT2D eigenvalue weighted by Gasteiger charge is -2.13. The fourth-order valence-electron chi connectivity index (χ4n) is 1.22. The fraction of sp³-hybridized carbons (Fsp3) is 0.333. The molecule has 1 rings (SSSR count). The van der Waals surface area contributed by atoms with E-state index in [2.05, 4.69) is 15.9 Å². The third-order valence-electron chi connectivity index (χ3n) is 1.94. The van der Waals surface area contributed by atoms with E-state index in [4.69, 9.17) is 5.11 Å². The van der Waals surface area contributed by atoms with Crippen LogP contribution in [0.25, 0.3) is 0 Å². The maximum absolute atomic E-state index is 11.5. The van der Waals surface area contributed by atoms with Crippen LogP contribution in [0.3, 0.4) is 0 Å². The minimum absolute atomic E-state index is 0.318. The van der Waals surface area contributed by atoms with Gasteiger partial charge in [0.2, 0.25) is 0 Å². The number of carboxylic acid groups (broad SMARTS) is 1. The van der Waals surface area contributed by atoms with Crippen LogP contribution in [0.2, 0.25) is 0 Å². The SMILES string of the molecule is CCC(C(=O)O)n1cccc(Br)c1=O. The molecule has 1 N–H and O–H groups in total. The first-order valence-electron chi connectivity index (χ1n) is 4.17. The van der Waals surface area contributed by atoms with Crippen LogP contribution in [0.4, 0.5) is 0 Å². The molecule has 0 aromatic carbocycles. The molecule has 1 atom stereocenters. The maximum atomic E-state index is 11.5. The molecule has 4 nitrogen and oxygen atoms in total. The van der Waals surface area contributed by atoms with Crippen LogP contribution in [0.1, 0.15) is 19.4 Å². The van der Waals surface area contributed by atoms with Crippen LogP contribution in [-0.2, 0) is 4.79 Å². The predicted molar refractivity (Wildman–Crippen MR) is 55.4 cm³/mol. The Balaban J connectivity index is 3.24. The predicted octanol–water partition coefficient (Wildman–Crippen LogP) is 1.65. The monoisotopic (exact) mass is 259 g/mol. The van der Waals surface area contributed by atoms with E-state index in [0.29, 0.717) is 10.9 Å². The number of hydrogen-bond donors (Lipinski definition) is 1. The van der Waals surface area contributed by atoms with E-state index >= 15 is 0 Å². The van der Waals surface area contributed by atoms with Crippen LogP contribution in [0.5, 0.6) is 0 Å². The summed E-state index contributed by atoms with van der Waals surface area (Å²) >= 11 is 3.07. The van der Waals surface area contributed by atoms with E-state index in [0.717, 1.165) is 0 Å². The van der Waals surface area contributed by atoms with Gasteiger partial charge in [-0.2, -0.15) is 0 Å². The third-order valence-corrected chi connectivity index (χ3v) is 2.54. The average molecular weight is 260 g/mol. The number of halogens is 1. The van der Waals surface area contributed by atoms with Gasteiger partial charge in [0.05, 0.1) is 4.47 Å². The molecule has 0 radical (unpaired) electrons. The lowest BCUT2D eigenvalue weighted by atomic mass is 10.2. The molecule has 0 amide bonds. The molecule has 0 saturated carbocycles. The lowest BCUT2D eigenvalue weighted by molar-refractivity contribution is -0.141. The molecule has 0 bridgehead atoms. The second kappa shape index (κ2) is 4.41. The van der Waals surface area contributed by atoms with E-state index in [1.807, 2.05) is 0 Å². The van der Waals surface area contributed by atoms with Crippen molar-refractivity contribution >= 4 is 21.9 Å². The standard InChI is InChI=1S/C9H10BrNO3/c1-2-7(9(13)14)11-5-3-4-6(10)8(11)12/h3-5,7H,2H2,1H3,(H,13,14). The van der Waals surface area contributed by atoms with Crippen molar-refractivity contribution in [2.24, 2.45) is 0 Å². The summed E-state index contributed by atoms with van der Waals surface area (Å²) in [5.74, 6) is -0.993. The molecule has 5 heteroatoms. The Morgan fingerprint density at radius 1 is 1.71 bits per heavy atom. The van der Waals surface area contributed by atoms with Gasteiger partial charge in [0.25, 0.3) is 5.56 Å². The number of nitrogens with zero attached hydrogens (tertiary/aromatic N) is 1. The smallest absolute Gasteiger partial charge is 0.326 e. The minimum Gasteiger partial charge on any atom is -0.480 e. The van der Waals surface area contributed by atoms with E-state index in [1.54, 1.807) is 19.1 Å². The molecule has 0 saturated heterocycles. The minimum atomic E-state index is -0.993. The average Bonchev–Trinajstić information content (AvgIpc) is 2.13. The first-order chi connectivity index (χ1) is 6.57. The van der Waals surface area contributed by atoms with Gasteiger partial charge in [-0.15, -0.1) is 0 Å². The van der Waals surface area contributed by atoms with Crippen molar-refractivity contribution in [3.05, 3.63) is 33.2 Å². The molecule has 0 spiro atoms. The summed E-state index contributed by atoms with van der Waals surface area (Å²) in [6.07, 6.45) is 1.86. The van der Waals surface area contributed by atoms with Crippen molar-refractivity contribution in [1.29, 1.82) is 0 Å². The Labute approximate surface area is 89.3 Å². The van der Waals surface area contributed by atoms with Crippen LogP contribution in [-0.4, -0.2) is 15.6 Å². The van der Waals surface area contributed by atoms with E-state index in [9.17, 15) is 9.59 Å². The van der Waals surface area contributed by atoms with Gasteiger partial charge in [0.15, 0.2) is 0 Å².